The third-order valence-electron chi connectivity index (χ3n) is 7.04. The number of nitrogens with zero attached hydrogens (tertiary/aromatic N) is 2. The van der Waals surface area contributed by atoms with Crippen LogP contribution in [0.3, 0.4) is 0 Å². The van der Waals surface area contributed by atoms with Gasteiger partial charge in [-0.2, -0.15) is 5.26 Å². The second-order valence-electron chi connectivity index (χ2n) is 9.49. The Kier molecular flexibility index (Phi) is 5.35. The summed E-state index contributed by atoms with van der Waals surface area (Å²) in [6.07, 6.45) is 1.79. The van der Waals surface area contributed by atoms with E-state index < -0.39 is 0 Å². The molecule has 2 aromatic heterocycles. The van der Waals surface area contributed by atoms with Crippen LogP contribution in [0.5, 0.6) is 0 Å². The van der Waals surface area contributed by atoms with Gasteiger partial charge in [0.15, 0.2) is 6.20 Å². The van der Waals surface area contributed by atoms with E-state index in [-0.39, 0.29) is 5.82 Å². The second kappa shape index (κ2) is 8.72. The summed E-state index contributed by atoms with van der Waals surface area (Å²) in [7, 11) is 1.91. The molecule has 2 heterocycles. The van der Waals surface area contributed by atoms with Crippen molar-refractivity contribution < 1.29 is 13.4 Å². The van der Waals surface area contributed by atoms with Crippen LogP contribution in [0.4, 0.5) is 4.39 Å². The van der Waals surface area contributed by atoms with Crippen molar-refractivity contribution in [2.24, 2.45) is 7.05 Å². The fourth-order valence-electron chi connectivity index (χ4n) is 5.12. The van der Waals surface area contributed by atoms with Gasteiger partial charge in [-0.25, -0.2) is 8.96 Å². The first-order valence-electron chi connectivity index (χ1n) is 12.2. The Labute approximate surface area is 214 Å². The standard InChI is InChI=1S/C33H24FN2O/c1-20-9-14-26-28-16-22(18-35)15-27(25-12-10-24(11-13-25)23-7-5-4-6-8-23)32(28)37-33(26)31(20)30-17-29(34)21(2)19-36(30)3/h4-17,19H,1-3H3/q+1. The highest BCUT2D eigenvalue weighted by atomic mass is 19.1. The van der Waals surface area contributed by atoms with Crippen LogP contribution in [0.1, 0.15) is 16.7 Å². The predicted molar refractivity (Wildman–Crippen MR) is 145 cm³/mol. The van der Waals surface area contributed by atoms with Gasteiger partial charge in [-0.3, -0.25) is 0 Å². The van der Waals surface area contributed by atoms with E-state index >= 15 is 0 Å². The summed E-state index contributed by atoms with van der Waals surface area (Å²) in [4.78, 5) is 0. The maximum atomic E-state index is 14.6. The van der Waals surface area contributed by atoms with E-state index in [1.807, 2.05) is 61.0 Å². The van der Waals surface area contributed by atoms with Crippen molar-refractivity contribution in [2.45, 2.75) is 13.8 Å². The number of rotatable bonds is 3. The van der Waals surface area contributed by atoms with Crippen LogP contribution in [0.2, 0.25) is 0 Å². The van der Waals surface area contributed by atoms with Gasteiger partial charge in [0.25, 0.3) is 0 Å². The lowest BCUT2D eigenvalue weighted by molar-refractivity contribution is -0.661. The Morgan fingerprint density at radius 3 is 2.19 bits per heavy atom. The highest BCUT2D eigenvalue weighted by molar-refractivity contribution is 6.13. The molecular formula is C33H24FN2O+. The Bertz CT molecular complexity index is 1860. The van der Waals surface area contributed by atoms with Gasteiger partial charge in [-0.05, 0) is 48.2 Å². The second-order valence-corrected chi connectivity index (χ2v) is 9.49. The highest BCUT2D eigenvalue weighted by Gasteiger charge is 2.23. The Morgan fingerprint density at radius 2 is 1.46 bits per heavy atom. The molecule has 4 aromatic carbocycles. The van der Waals surface area contributed by atoms with Crippen LogP contribution in [0.25, 0.3) is 55.4 Å². The molecule has 0 saturated heterocycles. The Hall–Kier alpha value is -4.75. The van der Waals surface area contributed by atoms with Crippen molar-refractivity contribution in [2.75, 3.05) is 0 Å². The third kappa shape index (κ3) is 3.77. The molecule has 0 unspecified atom stereocenters. The van der Waals surface area contributed by atoms with Gasteiger partial charge < -0.3 is 4.42 Å². The molecule has 0 bridgehead atoms. The van der Waals surface area contributed by atoms with Crippen LogP contribution in [0.15, 0.2) is 95.5 Å². The molecule has 0 saturated carbocycles. The van der Waals surface area contributed by atoms with E-state index in [2.05, 4.69) is 42.5 Å². The van der Waals surface area contributed by atoms with Gasteiger partial charge in [0, 0.05) is 28.0 Å². The zero-order chi connectivity index (χ0) is 25.7. The normalized spacial score (nSPS) is 11.2. The molecule has 0 aliphatic rings. The molecule has 6 rings (SSSR count). The van der Waals surface area contributed by atoms with Crippen molar-refractivity contribution in [3.8, 4) is 39.6 Å². The van der Waals surface area contributed by atoms with Crippen molar-refractivity contribution in [3.05, 3.63) is 114 Å². The quantitative estimate of drug-likeness (QED) is 0.239. The maximum absolute atomic E-state index is 14.6. The molecule has 6 aromatic rings. The fraction of sp³-hybridized carbons (Fsp3) is 0.0909. The topological polar surface area (TPSA) is 40.8 Å². The molecule has 0 aliphatic heterocycles. The van der Waals surface area contributed by atoms with Crippen molar-refractivity contribution in [1.29, 1.82) is 5.26 Å². The van der Waals surface area contributed by atoms with Crippen molar-refractivity contribution >= 4 is 21.9 Å². The van der Waals surface area contributed by atoms with E-state index in [1.54, 1.807) is 19.2 Å². The summed E-state index contributed by atoms with van der Waals surface area (Å²) < 4.78 is 23.2. The molecule has 4 heteroatoms. The largest absolute Gasteiger partial charge is 0.454 e. The van der Waals surface area contributed by atoms with E-state index in [0.717, 1.165) is 49.8 Å². The molecule has 0 spiro atoms. The average molecular weight is 484 g/mol. The van der Waals surface area contributed by atoms with Crippen LogP contribution >= 0.6 is 0 Å². The Balaban J connectivity index is 1.61. The molecule has 178 valence electrons. The van der Waals surface area contributed by atoms with Gasteiger partial charge >= 0.3 is 0 Å². The summed E-state index contributed by atoms with van der Waals surface area (Å²) in [5, 5.41) is 11.6. The number of nitriles is 1. The summed E-state index contributed by atoms with van der Waals surface area (Å²) in [5.74, 6) is -0.258. The van der Waals surface area contributed by atoms with Crippen LogP contribution < -0.4 is 4.57 Å². The minimum absolute atomic E-state index is 0.258. The first kappa shape index (κ1) is 22.7. The molecule has 0 amide bonds. The number of hydrogen-bond acceptors (Lipinski definition) is 2. The predicted octanol–water partition coefficient (Wildman–Crippen LogP) is 8.04. The van der Waals surface area contributed by atoms with Crippen LogP contribution in [-0.4, -0.2) is 0 Å². The van der Waals surface area contributed by atoms with Gasteiger partial charge in [0.2, 0.25) is 5.69 Å². The summed E-state index contributed by atoms with van der Waals surface area (Å²) >= 11 is 0. The molecule has 3 nitrogen and oxygen atoms in total. The zero-order valence-corrected chi connectivity index (χ0v) is 20.8. The highest BCUT2D eigenvalue weighted by Crippen LogP contribution is 2.41. The van der Waals surface area contributed by atoms with E-state index in [9.17, 15) is 9.65 Å². The lowest BCUT2D eigenvalue weighted by Gasteiger charge is -2.07. The molecule has 0 fully saturated rings. The number of pyridine rings is 1. The molecule has 37 heavy (non-hydrogen) atoms. The molecule has 0 radical (unpaired) electrons. The van der Waals surface area contributed by atoms with Gasteiger partial charge in [-0.1, -0.05) is 66.7 Å². The number of furan rings is 1. The number of fused-ring (bicyclic) bond motifs is 3. The third-order valence-corrected chi connectivity index (χ3v) is 7.04. The number of benzene rings is 4. The summed E-state index contributed by atoms with van der Waals surface area (Å²) in [5.41, 5.74) is 9.19. The first-order valence-corrected chi connectivity index (χ1v) is 12.2. The van der Waals surface area contributed by atoms with E-state index in [4.69, 9.17) is 4.42 Å². The fourth-order valence-corrected chi connectivity index (χ4v) is 5.12. The maximum Gasteiger partial charge on any atom is 0.219 e. The summed E-state index contributed by atoms with van der Waals surface area (Å²) in [6.45, 7) is 3.76. The lowest BCUT2D eigenvalue weighted by atomic mass is 9.96. The van der Waals surface area contributed by atoms with Gasteiger partial charge in [-0.15, -0.1) is 0 Å². The SMILES string of the molecule is Cc1c[n+](C)c(-c2c(C)ccc3c2oc2c(-c4ccc(-c5ccccc5)cc4)cc(C#N)cc23)cc1F. The number of aromatic nitrogens is 1. The van der Waals surface area contributed by atoms with E-state index in [1.165, 1.54) is 0 Å². The number of aryl methyl sites for hydroxylation is 3. The summed E-state index contributed by atoms with van der Waals surface area (Å²) in [6, 6.07) is 30.2. The van der Waals surface area contributed by atoms with Crippen molar-refractivity contribution in [1.82, 2.24) is 0 Å². The van der Waals surface area contributed by atoms with Crippen LogP contribution in [0, 0.1) is 31.0 Å². The molecule has 0 aliphatic carbocycles. The lowest BCUT2D eigenvalue weighted by Crippen LogP contribution is -2.31. The van der Waals surface area contributed by atoms with E-state index in [0.29, 0.717) is 22.3 Å². The van der Waals surface area contributed by atoms with Gasteiger partial charge in [0.05, 0.1) is 17.2 Å². The smallest absolute Gasteiger partial charge is 0.219 e. The molecule has 0 N–H and O–H groups in total. The monoisotopic (exact) mass is 483 g/mol. The minimum Gasteiger partial charge on any atom is -0.454 e. The van der Waals surface area contributed by atoms with Crippen LogP contribution in [-0.2, 0) is 7.05 Å². The minimum atomic E-state index is -0.258. The molecule has 0 atom stereocenters. The number of halogens is 1. The number of hydrogen-bond donors (Lipinski definition) is 0. The average Bonchev–Trinajstić information content (AvgIpc) is 3.29. The first-order chi connectivity index (χ1) is 17.9. The van der Waals surface area contributed by atoms with Gasteiger partial charge in [0.1, 0.15) is 24.0 Å². The van der Waals surface area contributed by atoms with Crippen molar-refractivity contribution in [3.63, 3.8) is 0 Å². The Morgan fingerprint density at radius 1 is 0.757 bits per heavy atom. The zero-order valence-electron chi connectivity index (χ0n) is 20.8. The molecular weight excluding hydrogens is 459 g/mol.